The molecule has 1 atom stereocenters. The summed E-state index contributed by atoms with van der Waals surface area (Å²) >= 11 is 0. The lowest BCUT2D eigenvalue weighted by molar-refractivity contribution is -0.119. The molecule has 0 saturated carbocycles. The van der Waals surface area contributed by atoms with Crippen LogP contribution in [0.3, 0.4) is 0 Å². The van der Waals surface area contributed by atoms with Crippen molar-refractivity contribution in [3.05, 3.63) is 0 Å². The van der Waals surface area contributed by atoms with Crippen LogP contribution in [0.25, 0.3) is 0 Å². The maximum Gasteiger partial charge on any atom is 0.217 e. The van der Waals surface area contributed by atoms with Crippen LogP contribution in [0.15, 0.2) is 0 Å². The van der Waals surface area contributed by atoms with Gasteiger partial charge in [0, 0.05) is 0 Å². The predicted octanol–water partition coefficient (Wildman–Crippen LogP) is 0.547. The molecule has 38 valence electrons. The van der Waals surface area contributed by atoms with Crippen LogP contribution in [0.4, 0.5) is 4.39 Å². The molecule has 2 heteroatoms. The van der Waals surface area contributed by atoms with E-state index < -0.39 is 12.0 Å². The van der Waals surface area contributed by atoms with Gasteiger partial charge in [0.25, 0.3) is 0 Å². The third-order valence-electron chi connectivity index (χ3n) is 0.503. The van der Waals surface area contributed by atoms with Crippen LogP contribution < -0.4 is 0 Å². The van der Waals surface area contributed by atoms with Gasteiger partial charge in [0.05, 0.1) is 0 Å². The highest BCUT2D eigenvalue weighted by atomic mass is 19.1. The smallest absolute Gasteiger partial charge is 0.217 e. The molecule has 0 aliphatic rings. The summed E-state index contributed by atoms with van der Waals surface area (Å²) in [5.74, 6) is 1.04. The second-order valence-electron chi connectivity index (χ2n) is 1.14. The normalized spacial score (nSPS) is 12.1. The molecular formula is C5H5FO. The van der Waals surface area contributed by atoms with Gasteiger partial charge in [-0.15, -0.1) is 6.42 Å². The average Bonchev–Trinajstić information content (AvgIpc) is 1.65. The first-order chi connectivity index (χ1) is 3.18. The summed E-state index contributed by atoms with van der Waals surface area (Å²) in [6, 6.07) is 0. The Bertz CT molecular complexity index is 112. The molecule has 0 aliphatic heterocycles. The van der Waals surface area contributed by atoms with Crippen LogP contribution in [0.5, 0.6) is 0 Å². The van der Waals surface area contributed by atoms with Crippen molar-refractivity contribution in [3.63, 3.8) is 0 Å². The predicted molar refractivity (Wildman–Crippen MR) is 24.4 cm³/mol. The zero-order chi connectivity index (χ0) is 5.86. The number of carbonyl (C=O) groups excluding carboxylic acids is 1. The second-order valence-corrected chi connectivity index (χ2v) is 1.14. The Labute approximate surface area is 41.5 Å². The van der Waals surface area contributed by atoms with E-state index in [0.717, 1.165) is 6.92 Å². The molecule has 0 amide bonds. The van der Waals surface area contributed by atoms with E-state index in [4.69, 9.17) is 0 Å². The second kappa shape index (κ2) is 2.35. The highest BCUT2D eigenvalue weighted by molar-refractivity contribution is 5.83. The summed E-state index contributed by atoms with van der Waals surface area (Å²) in [7, 11) is 0. The Morgan fingerprint density at radius 2 is 2.43 bits per heavy atom. The van der Waals surface area contributed by atoms with E-state index in [9.17, 15) is 9.18 Å². The van der Waals surface area contributed by atoms with Crippen molar-refractivity contribution in [1.29, 1.82) is 0 Å². The van der Waals surface area contributed by atoms with E-state index in [-0.39, 0.29) is 0 Å². The molecule has 0 aromatic carbocycles. The molecule has 0 N–H and O–H groups in total. The van der Waals surface area contributed by atoms with E-state index in [1.54, 1.807) is 5.92 Å². The first-order valence-electron chi connectivity index (χ1n) is 1.79. The van der Waals surface area contributed by atoms with Gasteiger partial charge in [0.1, 0.15) is 0 Å². The molecule has 0 saturated heterocycles. The van der Waals surface area contributed by atoms with Gasteiger partial charge in [-0.1, -0.05) is 5.92 Å². The Balaban J connectivity index is 3.63. The lowest BCUT2D eigenvalue weighted by Crippen LogP contribution is -2.06. The van der Waals surface area contributed by atoms with Crippen LogP contribution in [-0.2, 0) is 4.79 Å². The number of rotatable bonds is 1. The molecular weight excluding hydrogens is 95.1 g/mol. The Morgan fingerprint density at radius 1 is 2.00 bits per heavy atom. The quantitative estimate of drug-likeness (QED) is 0.440. The van der Waals surface area contributed by atoms with E-state index in [1.807, 2.05) is 0 Å². The maximum atomic E-state index is 11.7. The number of Topliss-reactive ketones (excluding diaryl/α,β-unsaturated/α-hetero) is 1. The molecule has 0 bridgehead atoms. The van der Waals surface area contributed by atoms with Crippen LogP contribution in [0, 0.1) is 12.3 Å². The number of alkyl halides is 1. The van der Waals surface area contributed by atoms with E-state index in [1.165, 1.54) is 0 Å². The molecule has 0 aliphatic carbocycles. The van der Waals surface area contributed by atoms with Crippen LogP contribution in [0.1, 0.15) is 6.92 Å². The van der Waals surface area contributed by atoms with Gasteiger partial charge in [-0.2, -0.15) is 0 Å². The van der Waals surface area contributed by atoms with Crippen molar-refractivity contribution < 1.29 is 9.18 Å². The van der Waals surface area contributed by atoms with Gasteiger partial charge >= 0.3 is 0 Å². The van der Waals surface area contributed by atoms with Crippen LogP contribution in [0.2, 0.25) is 0 Å². The Kier molecular flexibility index (Phi) is 2.07. The third kappa shape index (κ3) is 1.94. The van der Waals surface area contributed by atoms with E-state index in [2.05, 4.69) is 6.42 Å². The van der Waals surface area contributed by atoms with Crippen LogP contribution in [-0.4, -0.2) is 12.0 Å². The minimum atomic E-state index is -1.71. The standard InChI is InChI=1S/C5H5FO/c1-3-5(6)4(2)7/h1,5H,2H3. The summed E-state index contributed by atoms with van der Waals surface area (Å²) in [6.07, 6.45) is 2.82. The minimum absolute atomic E-state index is 0.609. The van der Waals surface area contributed by atoms with Crippen molar-refractivity contribution in [2.45, 2.75) is 13.1 Å². The van der Waals surface area contributed by atoms with Crippen molar-refractivity contribution >= 4 is 5.78 Å². The number of halogens is 1. The minimum Gasteiger partial charge on any atom is -0.296 e. The van der Waals surface area contributed by atoms with Gasteiger partial charge in [-0.3, -0.25) is 4.79 Å². The van der Waals surface area contributed by atoms with Gasteiger partial charge in [0.2, 0.25) is 6.17 Å². The van der Waals surface area contributed by atoms with Crippen molar-refractivity contribution in [2.24, 2.45) is 0 Å². The molecule has 0 radical (unpaired) electrons. The lowest BCUT2D eigenvalue weighted by Gasteiger charge is -1.86. The molecule has 0 rings (SSSR count). The summed E-state index contributed by atoms with van der Waals surface area (Å²) in [6.45, 7) is 1.12. The maximum absolute atomic E-state index is 11.7. The number of hydrogen-bond donors (Lipinski definition) is 0. The topological polar surface area (TPSA) is 17.1 Å². The average molecular weight is 100 g/mol. The van der Waals surface area contributed by atoms with Gasteiger partial charge in [-0.05, 0) is 6.92 Å². The van der Waals surface area contributed by atoms with Gasteiger partial charge in [-0.25, -0.2) is 4.39 Å². The highest BCUT2D eigenvalue weighted by Gasteiger charge is 2.04. The fraction of sp³-hybridized carbons (Fsp3) is 0.400. The monoisotopic (exact) mass is 100 g/mol. The molecule has 0 spiro atoms. The zero-order valence-corrected chi connectivity index (χ0v) is 3.94. The molecule has 0 aromatic rings. The molecule has 7 heavy (non-hydrogen) atoms. The molecule has 1 unspecified atom stereocenters. The third-order valence-corrected chi connectivity index (χ3v) is 0.503. The first kappa shape index (κ1) is 6.16. The number of terminal acetylenes is 1. The van der Waals surface area contributed by atoms with E-state index >= 15 is 0 Å². The van der Waals surface area contributed by atoms with Crippen LogP contribution >= 0.6 is 0 Å². The lowest BCUT2D eigenvalue weighted by atomic mass is 10.3. The molecule has 0 aromatic heterocycles. The highest BCUT2D eigenvalue weighted by Crippen LogP contribution is 1.86. The van der Waals surface area contributed by atoms with Crippen molar-refractivity contribution in [2.75, 3.05) is 0 Å². The first-order valence-corrected chi connectivity index (χ1v) is 1.79. The summed E-state index contributed by atoms with van der Waals surface area (Å²) in [5.41, 5.74) is 0. The van der Waals surface area contributed by atoms with Gasteiger partial charge in [0.15, 0.2) is 5.78 Å². The molecule has 0 heterocycles. The molecule has 0 fully saturated rings. The van der Waals surface area contributed by atoms with Gasteiger partial charge < -0.3 is 0 Å². The summed E-state index contributed by atoms with van der Waals surface area (Å²) < 4.78 is 11.7. The Hall–Kier alpha value is -0.840. The Morgan fingerprint density at radius 3 is 2.43 bits per heavy atom. The number of hydrogen-bond acceptors (Lipinski definition) is 1. The van der Waals surface area contributed by atoms with E-state index in [0.29, 0.717) is 0 Å². The SMILES string of the molecule is C#CC(F)C(C)=O. The van der Waals surface area contributed by atoms with Crippen molar-refractivity contribution in [1.82, 2.24) is 0 Å². The fourth-order valence-electron chi connectivity index (χ4n) is 0.117. The number of ketones is 1. The number of carbonyl (C=O) groups is 1. The summed E-state index contributed by atoms with van der Waals surface area (Å²) in [5, 5.41) is 0. The fourth-order valence-corrected chi connectivity index (χ4v) is 0.117. The zero-order valence-electron chi connectivity index (χ0n) is 3.94. The van der Waals surface area contributed by atoms with Crippen molar-refractivity contribution in [3.8, 4) is 12.3 Å². The summed E-state index contributed by atoms with van der Waals surface area (Å²) in [4.78, 5) is 9.86. The largest absolute Gasteiger partial charge is 0.296 e. The molecule has 1 nitrogen and oxygen atoms in total.